The van der Waals surface area contributed by atoms with Crippen LogP contribution in [0.15, 0.2) is 6.07 Å². The topological polar surface area (TPSA) is 37.8 Å². The van der Waals surface area contributed by atoms with Crippen molar-refractivity contribution < 1.29 is 0 Å². The molecule has 0 atom stereocenters. The van der Waals surface area contributed by atoms with E-state index >= 15 is 0 Å². The monoisotopic (exact) mass is 203 g/mol. The quantitative estimate of drug-likeness (QED) is 0.766. The molecule has 0 fully saturated rings. The van der Waals surface area contributed by atoms with E-state index in [1.807, 2.05) is 19.9 Å². The predicted octanol–water partition coefficient (Wildman–Crippen LogP) is 2.34. The van der Waals surface area contributed by atoms with Crippen LogP contribution in [-0.4, -0.2) is 16.5 Å². The summed E-state index contributed by atoms with van der Waals surface area (Å²) >= 11 is 0. The van der Waals surface area contributed by atoms with Gasteiger partial charge in [0.2, 0.25) is 0 Å². The van der Waals surface area contributed by atoms with Crippen LogP contribution in [0.2, 0.25) is 0 Å². The second-order valence-corrected chi connectivity index (χ2v) is 3.69. The van der Waals surface area contributed by atoms with Crippen molar-refractivity contribution in [2.24, 2.45) is 0 Å². The molecule has 0 saturated heterocycles. The minimum absolute atomic E-state index is 0.350. The van der Waals surface area contributed by atoms with Crippen molar-refractivity contribution in [3.05, 3.63) is 17.6 Å². The third kappa shape index (κ3) is 3.59. The fraction of sp³-hybridized carbons (Fsp3) is 0.500. The first-order valence-corrected chi connectivity index (χ1v) is 5.12. The number of nitrogens with one attached hydrogen (secondary N) is 1. The molecule has 0 radical (unpaired) electrons. The van der Waals surface area contributed by atoms with Crippen molar-refractivity contribution in [3.63, 3.8) is 0 Å². The molecule has 1 heterocycles. The Kier molecular flexibility index (Phi) is 4.11. The highest BCUT2D eigenvalue weighted by molar-refractivity contribution is 5.37. The molecule has 1 rings (SSSR count). The zero-order valence-electron chi connectivity index (χ0n) is 9.76. The van der Waals surface area contributed by atoms with Crippen molar-refractivity contribution >= 4 is 5.82 Å². The van der Waals surface area contributed by atoms with Gasteiger partial charge in [0.1, 0.15) is 11.6 Å². The molecular formula is C12H17N3. The molecular weight excluding hydrogens is 186 g/mol. The third-order valence-corrected chi connectivity index (χ3v) is 1.92. The Morgan fingerprint density at radius 2 is 2.13 bits per heavy atom. The Bertz CT molecular complexity index is 386. The van der Waals surface area contributed by atoms with Crippen molar-refractivity contribution in [2.45, 2.75) is 33.6 Å². The van der Waals surface area contributed by atoms with E-state index in [0.29, 0.717) is 12.5 Å². The summed E-state index contributed by atoms with van der Waals surface area (Å²) in [6.45, 7) is 8.61. The second kappa shape index (κ2) is 5.35. The fourth-order valence-electron chi connectivity index (χ4n) is 1.16. The van der Waals surface area contributed by atoms with Gasteiger partial charge in [-0.25, -0.2) is 9.97 Å². The summed E-state index contributed by atoms with van der Waals surface area (Å²) in [6, 6.07) is 1.93. The standard InChI is InChI=1S/C12H17N3/c1-5-6-7-13-11-8-10(4)14-12(15-11)9(2)3/h8-9H,7H2,1-4H3,(H,13,14,15). The zero-order valence-corrected chi connectivity index (χ0v) is 9.76. The van der Waals surface area contributed by atoms with Crippen molar-refractivity contribution in [1.82, 2.24) is 9.97 Å². The average molecular weight is 203 g/mol. The number of nitrogens with zero attached hydrogens (tertiary/aromatic N) is 2. The van der Waals surface area contributed by atoms with Gasteiger partial charge in [-0.05, 0) is 13.8 Å². The van der Waals surface area contributed by atoms with Crippen LogP contribution in [0.1, 0.15) is 38.2 Å². The van der Waals surface area contributed by atoms with Gasteiger partial charge in [0.25, 0.3) is 0 Å². The lowest BCUT2D eigenvalue weighted by Gasteiger charge is -2.08. The Morgan fingerprint density at radius 3 is 2.73 bits per heavy atom. The van der Waals surface area contributed by atoms with Gasteiger partial charge in [-0.2, -0.15) is 0 Å². The van der Waals surface area contributed by atoms with E-state index in [1.165, 1.54) is 0 Å². The molecule has 0 unspecified atom stereocenters. The highest BCUT2D eigenvalue weighted by atomic mass is 15.0. The van der Waals surface area contributed by atoms with Crippen LogP contribution < -0.4 is 5.32 Å². The summed E-state index contributed by atoms with van der Waals surface area (Å²) in [6.07, 6.45) is 0. The van der Waals surface area contributed by atoms with E-state index in [9.17, 15) is 0 Å². The second-order valence-electron chi connectivity index (χ2n) is 3.69. The summed E-state index contributed by atoms with van der Waals surface area (Å²) in [5.74, 6) is 7.86. The summed E-state index contributed by atoms with van der Waals surface area (Å²) in [4.78, 5) is 8.79. The lowest BCUT2D eigenvalue weighted by atomic mass is 10.2. The minimum Gasteiger partial charge on any atom is -0.359 e. The summed E-state index contributed by atoms with van der Waals surface area (Å²) in [5, 5.41) is 3.16. The van der Waals surface area contributed by atoms with Crippen molar-refractivity contribution in [2.75, 3.05) is 11.9 Å². The molecule has 0 saturated carbocycles. The van der Waals surface area contributed by atoms with Gasteiger partial charge in [-0.3, -0.25) is 0 Å². The number of hydrogen-bond acceptors (Lipinski definition) is 3. The zero-order chi connectivity index (χ0) is 11.3. The van der Waals surface area contributed by atoms with Crippen LogP contribution in [-0.2, 0) is 0 Å². The predicted molar refractivity (Wildman–Crippen MR) is 62.8 cm³/mol. The maximum atomic E-state index is 4.41. The minimum atomic E-state index is 0.350. The first-order valence-electron chi connectivity index (χ1n) is 5.12. The molecule has 0 aliphatic heterocycles. The van der Waals surface area contributed by atoms with Crippen molar-refractivity contribution in [3.8, 4) is 11.8 Å². The highest BCUT2D eigenvalue weighted by Gasteiger charge is 2.05. The highest BCUT2D eigenvalue weighted by Crippen LogP contribution is 2.13. The molecule has 0 amide bonds. The Balaban J connectivity index is 2.82. The maximum absolute atomic E-state index is 4.41. The third-order valence-electron chi connectivity index (χ3n) is 1.92. The maximum Gasteiger partial charge on any atom is 0.133 e. The van der Waals surface area contributed by atoms with Gasteiger partial charge in [0.05, 0.1) is 6.54 Å². The van der Waals surface area contributed by atoms with E-state index in [1.54, 1.807) is 0 Å². The van der Waals surface area contributed by atoms with E-state index in [2.05, 4.69) is 41.0 Å². The normalized spacial score (nSPS) is 9.67. The number of aryl methyl sites for hydroxylation is 1. The van der Waals surface area contributed by atoms with Crippen LogP contribution in [0, 0.1) is 18.8 Å². The molecule has 0 spiro atoms. The van der Waals surface area contributed by atoms with Crippen LogP contribution in [0.4, 0.5) is 5.82 Å². The largest absolute Gasteiger partial charge is 0.359 e. The van der Waals surface area contributed by atoms with Gasteiger partial charge in [-0.1, -0.05) is 19.8 Å². The molecule has 0 aliphatic rings. The Hall–Kier alpha value is -1.56. The van der Waals surface area contributed by atoms with Crippen molar-refractivity contribution in [1.29, 1.82) is 0 Å². The van der Waals surface area contributed by atoms with E-state index in [0.717, 1.165) is 17.3 Å². The van der Waals surface area contributed by atoms with E-state index in [-0.39, 0.29) is 0 Å². The molecule has 3 nitrogen and oxygen atoms in total. The molecule has 1 aromatic heterocycles. The van der Waals surface area contributed by atoms with Gasteiger partial charge in [-0.15, -0.1) is 5.92 Å². The van der Waals surface area contributed by atoms with Gasteiger partial charge in [0, 0.05) is 17.7 Å². The number of aromatic nitrogens is 2. The first-order chi connectivity index (χ1) is 7.13. The smallest absolute Gasteiger partial charge is 0.133 e. The molecule has 1 aromatic rings. The van der Waals surface area contributed by atoms with E-state index in [4.69, 9.17) is 0 Å². The van der Waals surface area contributed by atoms with Gasteiger partial charge < -0.3 is 5.32 Å². The average Bonchev–Trinajstić information content (AvgIpc) is 2.17. The fourth-order valence-corrected chi connectivity index (χ4v) is 1.16. The van der Waals surface area contributed by atoms with Crippen LogP contribution in [0.5, 0.6) is 0 Å². The van der Waals surface area contributed by atoms with Gasteiger partial charge >= 0.3 is 0 Å². The Morgan fingerprint density at radius 1 is 1.40 bits per heavy atom. The van der Waals surface area contributed by atoms with E-state index < -0.39 is 0 Å². The summed E-state index contributed by atoms with van der Waals surface area (Å²) < 4.78 is 0. The van der Waals surface area contributed by atoms with Crippen LogP contribution >= 0.6 is 0 Å². The molecule has 0 aromatic carbocycles. The number of hydrogen-bond donors (Lipinski definition) is 1. The first kappa shape index (κ1) is 11.5. The Labute approximate surface area is 91.3 Å². The molecule has 80 valence electrons. The lowest BCUT2D eigenvalue weighted by Crippen LogP contribution is -2.06. The van der Waals surface area contributed by atoms with Gasteiger partial charge in [0.15, 0.2) is 0 Å². The SMILES string of the molecule is CC#CCNc1cc(C)nc(C(C)C)n1. The summed E-state index contributed by atoms with van der Waals surface area (Å²) in [5.41, 5.74) is 0.987. The molecule has 1 N–H and O–H groups in total. The number of anilines is 1. The molecule has 0 aliphatic carbocycles. The molecule has 15 heavy (non-hydrogen) atoms. The summed E-state index contributed by atoms with van der Waals surface area (Å²) in [7, 11) is 0. The van der Waals surface area contributed by atoms with Crippen LogP contribution in [0.3, 0.4) is 0 Å². The molecule has 0 bridgehead atoms. The van der Waals surface area contributed by atoms with Crippen LogP contribution in [0.25, 0.3) is 0 Å². The lowest BCUT2D eigenvalue weighted by molar-refractivity contribution is 0.767. The number of rotatable bonds is 3. The molecule has 3 heteroatoms.